The number of carbonyl (C=O) groups is 1. The zero-order valence-electron chi connectivity index (χ0n) is 17.2. The summed E-state index contributed by atoms with van der Waals surface area (Å²) in [4.78, 5) is 12.3. The Labute approximate surface area is 197 Å². The molecule has 1 amide bonds. The number of hydrogen-bond acceptors (Lipinski definition) is 5. The second kappa shape index (κ2) is 9.56. The maximum atomic E-state index is 12.9. The molecule has 3 aromatic rings. The fraction of sp³-hybridized carbons (Fsp3) is 0.318. The molecule has 0 aliphatic heterocycles. The molecule has 0 atom stereocenters. The second-order valence-electron chi connectivity index (χ2n) is 7.59. The first-order valence-corrected chi connectivity index (χ1v) is 11.0. The maximum absolute atomic E-state index is 12.9. The van der Waals surface area contributed by atoms with Gasteiger partial charge in [0.1, 0.15) is 12.3 Å². The van der Waals surface area contributed by atoms with E-state index in [4.69, 9.17) is 33.0 Å². The lowest BCUT2D eigenvalue weighted by atomic mass is 9.92. The van der Waals surface area contributed by atoms with Gasteiger partial charge in [0.05, 0.1) is 16.3 Å². The number of fused-ring (bicyclic) bond motifs is 1. The summed E-state index contributed by atoms with van der Waals surface area (Å²) >= 11 is 11.0. The van der Waals surface area contributed by atoms with Crippen LogP contribution < -0.4 is 10.1 Å². The van der Waals surface area contributed by atoms with Crippen molar-refractivity contribution in [2.75, 3.05) is 5.32 Å². The third-order valence-electron chi connectivity index (χ3n) is 5.19. The van der Waals surface area contributed by atoms with Gasteiger partial charge in [0.15, 0.2) is 6.61 Å². The first-order valence-electron chi connectivity index (χ1n) is 10.2. The Hall–Kier alpha value is -2.85. The van der Waals surface area contributed by atoms with Crippen LogP contribution in [0.3, 0.4) is 0 Å². The lowest BCUT2D eigenvalue weighted by Crippen LogP contribution is -2.20. The minimum absolute atomic E-state index is 0.0104. The van der Waals surface area contributed by atoms with Gasteiger partial charge >= 0.3 is 6.18 Å². The second-order valence-corrected chi connectivity index (χ2v) is 8.34. The van der Waals surface area contributed by atoms with E-state index in [0.717, 1.165) is 42.1 Å². The van der Waals surface area contributed by atoms with Crippen molar-refractivity contribution in [1.82, 2.24) is 9.78 Å². The van der Waals surface area contributed by atoms with Crippen LogP contribution in [0.15, 0.2) is 40.8 Å². The molecule has 1 aromatic heterocycles. The number of amides is 1. The highest BCUT2D eigenvalue weighted by molar-refractivity contribution is 7.71. The lowest BCUT2D eigenvalue weighted by molar-refractivity contribution is -0.137. The number of nitrogens with one attached hydrogen (secondary N) is 1. The molecule has 1 heterocycles. The van der Waals surface area contributed by atoms with Crippen LogP contribution in [-0.2, 0) is 37.0 Å². The van der Waals surface area contributed by atoms with Gasteiger partial charge in [-0.3, -0.25) is 4.79 Å². The number of aryl methyl sites for hydroxylation is 2. The van der Waals surface area contributed by atoms with Gasteiger partial charge in [-0.1, -0.05) is 17.7 Å². The molecule has 0 unspecified atom stereocenters. The Morgan fingerprint density at radius 1 is 1.18 bits per heavy atom. The predicted octanol–water partition coefficient (Wildman–Crippen LogP) is 5.97. The van der Waals surface area contributed by atoms with Crippen LogP contribution in [0, 0.1) is 4.84 Å². The summed E-state index contributed by atoms with van der Waals surface area (Å²) in [6.07, 6.45) is -0.122. The van der Waals surface area contributed by atoms with Gasteiger partial charge in [0.2, 0.25) is 5.91 Å². The van der Waals surface area contributed by atoms with Gasteiger partial charge in [0.25, 0.3) is 10.7 Å². The molecule has 6 nitrogen and oxygen atoms in total. The third kappa shape index (κ3) is 5.75. The summed E-state index contributed by atoms with van der Waals surface area (Å²) in [5.41, 5.74) is 1.52. The highest BCUT2D eigenvalue weighted by atomic mass is 35.5. The van der Waals surface area contributed by atoms with Crippen molar-refractivity contribution < 1.29 is 27.1 Å². The zero-order valence-corrected chi connectivity index (χ0v) is 18.8. The normalized spacial score (nSPS) is 13.5. The van der Waals surface area contributed by atoms with E-state index in [1.165, 1.54) is 17.5 Å². The van der Waals surface area contributed by atoms with Gasteiger partial charge < -0.3 is 14.5 Å². The molecule has 1 N–H and O–H groups in total. The molecule has 1 aliphatic rings. The molecule has 4 rings (SSSR count). The average molecular weight is 498 g/mol. The molecule has 0 fully saturated rings. The quantitative estimate of drug-likeness (QED) is 0.425. The monoisotopic (exact) mass is 497 g/mol. The highest BCUT2D eigenvalue weighted by Crippen LogP contribution is 2.33. The third-order valence-corrected chi connectivity index (χ3v) is 5.82. The number of benzene rings is 2. The van der Waals surface area contributed by atoms with Gasteiger partial charge in [-0.2, -0.15) is 13.2 Å². The molecule has 2 aromatic carbocycles. The van der Waals surface area contributed by atoms with E-state index in [1.54, 1.807) is 0 Å². The largest absolute Gasteiger partial charge is 0.484 e. The lowest BCUT2D eigenvalue weighted by Gasteiger charge is -2.16. The number of alkyl halides is 3. The topological polar surface area (TPSA) is 69.3 Å². The minimum atomic E-state index is -4.56. The van der Waals surface area contributed by atoms with E-state index < -0.39 is 17.6 Å². The molecule has 11 heteroatoms. The van der Waals surface area contributed by atoms with Gasteiger partial charge in [0, 0.05) is 0 Å². The average Bonchev–Trinajstić information content (AvgIpc) is 3.11. The fourth-order valence-corrected chi connectivity index (χ4v) is 3.94. The summed E-state index contributed by atoms with van der Waals surface area (Å²) in [6.45, 7) is -0.357. The number of nitrogens with zero attached hydrogens (tertiary/aromatic N) is 2. The number of hydrogen-bond donors (Lipinski definition) is 1. The molecule has 174 valence electrons. The van der Waals surface area contributed by atoms with Crippen LogP contribution in [0.2, 0.25) is 5.02 Å². The molecule has 0 radical (unpaired) electrons. The number of rotatable bonds is 6. The van der Waals surface area contributed by atoms with Crippen LogP contribution >= 0.6 is 23.8 Å². The van der Waals surface area contributed by atoms with Crippen molar-refractivity contribution in [2.24, 2.45) is 0 Å². The molecular formula is C22H19ClF3N3O3S. The summed E-state index contributed by atoms with van der Waals surface area (Å²) in [6, 6.07) is 8.62. The molecular weight excluding hydrogens is 479 g/mol. The predicted molar refractivity (Wildman–Crippen MR) is 118 cm³/mol. The van der Waals surface area contributed by atoms with Gasteiger partial charge in [-0.05, 0) is 79.4 Å². The summed E-state index contributed by atoms with van der Waals surface area (Å²) in [7, 11) is 0. The SMILES string of the molecule is O=C(Cn1nc(COc2ccc3c(c2)CCCC3)oc1=S)Nc1cc(C(F)(F)F)ccc1Cl. The first kappa shape index (κ1) is 23.3. The van der Waals surface area contributed by atoms with Gasteiger partial charge in [-0.15, -0.1) is 5.10 Å². The fourth-order valence-electron chi connectivity index (χ4n) is 3.58. The molecule has 0 bridgehead atoms. The van der Waals surface area contributed by atoms with Crippen molar-refractivity contribution in [1.29, 1.82) is 0 Å². The Bertz CT molecular complexity index is 1240. The van der Waals surface area contributed by atoms with Crippen molar-refractivity contribution in [3.8, 4) is 5.75 Å². The molecule has 33 heavy (non-hydrogen) atoms. The summed E-state index contributed by atoms with van der Waals surface area (Å²) in [5, 5.41) is 6.44. The molecule has 0 saturated carbocycles. The summed E-state index contributed by atoms with van der Waals surface area (Å²) in [5.74, 6) is 0.189. The van der Waals surface area contributed by atoms with E-state index in [-0.39, 0.29) is 34.6 Å². The van der Waals surface area contributed by atoms with Crippen LogP contribution in [0.25, 0.3) is 0 Å². The Kier molecular flexibility index (Phi) is 6.76. The van der Waals surface area contributed by atoms with Crippen molar-refractivity contribution in [2.45, 2.75) is 45.0 Å². The Balaban J connectivity index is 1.39. The van der Waals surface area contributed by atoms with Crippen LogP contribution in [0.5, 0.6) is 5.75 Å². The standard InChI is InChI=1S/C22H19ClF3N3O3S/c23-17-8-6-15(22(24,25)26)10-18(17)27-19(30)11-29-21(33)32-20(28-29)12-31-16-7-5-13-3-1-2-4-14(13)9-16/h5-10H,1-4,11-12H2,(H,27,30). The smallest absolute Gasteiger partial charge is 0.416 e. The van der Waals surface area contributed by atoms with Gasteiger partial charge in [-0.25, -0.2) is 4.68 Å². The molecule has 1 aliphatic carbocycles. The number of ether oxygens (including phenoxy) is 1. The van der Waals surface area contributed by atoms with E-state index >= 15 is 0 Å². The molecule has 0 saturated heterocycles. The van der Waals surface area contributed by atoms with E-state index in [9.17, 15) is 18.0 Å². The van der Waals surface area contributed by atoms with Crippen molar-refractivity contribution in [3.63, 3.8) is 0 Å². The highest BCUT2D eigenvalue weighted by Gasteiger charge is 2.31. The van der Waals surface area contributed by atoms with Crippen LogP contribution in [0.4, 0.5) is 18.9 Å². The van der Waals surface area contributed by atoms with Crippen LogP contribution in [-0.4, -0.2) is 15.7 Å². The van der Waals surface area contributed by atoms with Crippen molar-refractivity contribution >= 4 is 35.4 Å². The minimum Gasteiger partial charge on any atom is -0.484 e. The van der Waals surface area contributed by atoms with Crippen LogP contribution in [0.1, 0.15) is 35.4 Å². The van der Waals surface area contributed by atoms with E-state index in [0.29, 0.717) is 5.75 Å². The van der Waals surface area contributed by atoms with E-state index in [2.05, 4.69) is 16.5 Å². The number of carbonyl (C=O) groups excluding carboxylic acids is 1. The Morgan fingerprint density at radius 3 is 2.70 bits per heavy atom. The number of aromatic nitrogens is 2. The maximum Gasteiger partial charge on any atom is 0.416 e. The number of anilines is 1. The van der Waals surface area contributed by atoms with E-state index in [1.807, 2.05) is 12.1 Å². The number of halogens is 4. The van der Waals surface area contributed by atoms with Crippen molar-refractivity contribution in [3.05, 3.63) is 68.8 Å². The first-order chi connectivity index (χ1) is 15.7. The zero-order chi connectivity index (χ0) is 23.6. The summed E-state index contributed by atoms with van der Waals surface area (Å²) < 4.78 is 51.0. The molecule has 0 spiro atoms. The Morgan fingerprint density at radius 2 is 1.94 bits per heavy atom.